The van der Waals surface area contributed by atoms with E-state index in [4.69, 9.17) is 11.6 Å². The molecule has 1 heterocycles. The minimum Gasteiger partial charge on any atom is -0.361 e. The molecule has 0 aliphatic carbocycles. The van der Waals surface area contributed by atoms with E-state index in [1.54, 1.807) is 6.07 Å². The Morgan fingerprint density at radius 3 is 2.32 bits per heavy atom. The highest BCUT2D eigenvalue weighted by atomic mass is 35.5. The molecule has 3 aromatic rings. The molecule has 0 spiro atoms. The number of hydrogen-bond donors (Lipinski definition) is 1. The number of fused-ring (bicyclic) bond motifs is 1. The molecule has 22 heavy (non-hydrogen) atoms. The van der Waals surface area contributed by atoms with E-state index in [2.05, 4.69) is 17.1 Å². The summed E-state index contributed by atoms with van der Waals surface area (Å²) in [5.74, 6) is -1.20. The molecule has 0 saturated heterocycles. The highest BCUT2D eigenvalue weighted by Gasteiger charge is 2.28. The second kappa shape index (κ2) is 5.93. The molecule has 1 N–H and O–H groups in total. The van der Waals surface area contributed by atoms with Gasteiger partial charge in [-0.15, -0.1) is 0 Å². The number of rotatable bonds is 3. The fourth-order valence-corrected chi connectivity index (χ4v) is 3.04. The van der Waals surface area contributed by atoms with Gasteiger partial charge in [0.25, 0.3) is 0 Å². The maximum atomic E-state index is 9.39. The monoisotopic (exact) mass is 305 g/mol. The quantitative estimate of drug-likeness (QED) is 0.767. The number of nitrogens with zero attached hydrogens (tertiary/aromatic N) is 2. The number of H-pyrrole nitrogens is 1. The Labute approximate surface area is 133 Å². The molecule has 0 aliphatic rings. The van der Waals surface area contributed by atoms with E-state index >= 15 is 0 Å². The molecule has 3 nitrogen and oxygen atoms in total. The van der Waals surface area contributed by atoms with Crippen molar-refractivity contribution in [2.45, 2.75) is 5.92 Å². The van der Waals surface area contributed by atoms with Gasteiger partial charge >= 0.3 is 0 Å². The van der Waals surface area contributed by atoms with Gasteiger partial charge in [-0.1, -0.05) is 48.0 Å². The van der Waals surface area contributed by atoms with Gasteiger partial charge in [-0.25, -0.2) is 0 Å². The number of aromatic nitrogens is 1. The molecule has 3 rings (SSSR count). The highest BCUT2D eigenvalue weighted by Crippen LogP contribution is 2.38. The van der Waals surface area contributed by atoms with Crippen LogP contribution in [0.15, 0.2) is 54.7 Å². The van der Waals surface area contributed by atoms with Crippen LogP contribution in [0, 0.1) is 28.6 Å². The van der Waals surface area contributed by atoms with Gasteiger partial charge < -0.3 is 4.98 Å². The fourth-order valence-electron chi connectivity index (χ4n) is 2.78. The lowest BCUT2D eigenvalue weighted by atomic mass is 9.82. The van der Waals surface area contributed by atoms with E-state index in [0.29, 0.717) is 5.02 Å². The second-order valence-electron chi connectivity index (χ2n) is 5.02. The van der Waals surface area contributed by atoms with Crippen LogP contribution in [0.4, 0.5) is 0 Å². The molecule has 0 aliphatic heterocycles. The fraction of sp³-hybridized carbons (Fsp3) is 0.111. The minimum atomic E-state index is -0.806. The summed E-state index contributed by atoms with van der Waals surface area (Å²) in [5.41, 5.74) is 2.68. The molecule has 0 amide bonds. The van der Waals surface area contributed by atoms with Crippen LogP contribution in [-0.2, 0) is 0 Å². The van der Waals surface area contributed by atoms with Gasteiger partial charge in [0.15, 0.2) is 0 Å². The maximum absolute atomic E-state index is 9.39. The summed E-state index contributed by atoms with van der Waals surface area (Å²) in [4.78, 5) is 3.20. The first-order valence-electron chi connectivity index (χ1n) is 6.86. The van der Waals surface area contributed by atoms with Crippen LogP contribution in [0.1, 0.15) is 17.0 Å². The molecular formula is C18H12ClN3. The molecule has 106 valence electrons. The first-order chi connectivity index (χ1) is 10.8. The molecule has 2 aromatic carbocycles. The van der Waals surface area contributed by atoms with E-state index in [0.717, 1.165) is 22.0 Å². The van der Waals surface area contributed by atoms with Crippen LogP contribution in [-0.4, -0.2) is 4.98 Å². The predicted octanol–water partition coefficient (Wildman–Crippen LogP) is 4.62. The van der Waals surface area contributed by atoms with E-state index < -0.39 is 5.92 Å². The zero-order valence-electron chi connectivity index (χ0n) is 11.6. The number of aromatic amines is 1. The SMILES string of the molecule is N#CC(C#N)C(c1ccccc1Cl)c1c[nH]c2ccccc12. The summed E-state index contributed by atoms with van der Waals surface area (Å²) in [6.45, 7) is 0. The van der Waals surface area contributed by atoms with Gasteiger partial charge in [0.2, 0.25) is 0 Å². The van der Waals surface area contributed by atoms with E-state index in [1.165, 1.54) is 0 Å². The number of benzene rings is 2. The second-order valence-corrected chi connectivity index (χ2v) is 5.43. The Hall–Kier alpha value is -2.75. The summed E-state index contributed by atoms with van der Waals surface area (Å²) in [5, 5.41) is 20.4. The van der Waals surface area contributed by atoms with Crippen LogP contribution in [0.2, 0.25) is 5.02 Å². The van der Waals surface area contributed by atoms with Crippen molar-refractivity contribution >= 4 is 22.5 Å². The first kappa shape index (κ1) is 14.2. The average Bonchev–Trinajstić information content (AvgIpc) is 2.97. The number of para-hydroxylation sites is 1. The van der Waals surface area contributed by atoms with E-state index in [9.17, 15) is 10.5 Å². The van der Waals surface area contributed by atoms with Crippen molar-refractivity contribution in [3.05, 3.63) is 70.9 Å². The normalized spacial score (nSPS) is 12.0. The van der Waals surface area contributed by atoms with Crippen molar-refractivity contribution in [1.82, 2.24) is 4.98 Å². The molecule has 1 unspecified atom stereocenters. The minimum absolute atomic E-state index is 0.389. The van der Waals surface area contributed by atoms with Gasteiger partial charge in [-0.3, -0.25) is 0 Å². The molecule has 0 saturated carbocycles. The van der Waals surface area contributed by atoms with E-state index in [1.807, 2.05) is 48.7 Å². The largest absolute Gasteiger partial charge is 0.361 e. The zero-order valence-corrected chi connectivity index (χ0v) is 12.4. The van der Waals surface area contributed by atoms with Crippen molar-refractivity contribution in [3.63, 3.8) is 0 Å². The predicted molar refractivity (Wildman–Crippen MR) is 86.3 cm³/mol. The van der Waals surface area contributed by atoms with Crippen molar-refractivity contribution in [1.29, 1.82) is 10.5 Å². The van der Waals surface area contributed by atoms with Crippen molar-refractivity contribution in [3.8, 4) is 12.1 Å². The van der Waals surface area contributed by atoms with Crippen LogP contribution < -0.4 is 0 Å². The Kier molecular flexibility index (Phi) is 3.83. The molecule has 0 bridgehead atoms. The molecular weight excluding hydrogens is 294 g/mol. The topological polar surface area (TPSA) is 63.4 Å². The van der Waals surface area contributed by atoms with Gasteiger partial charge in [-0.05, 0) is 23.3 Å². The molecule has 0 radical (unpaired) electrons. The summed E-state index contributed by atoms with van der Waals surface area (Å²) in [7, 11) is 0. The van der Waals surface area contributed by atoms with Crippen LogP contribution in [0.5, 0.6) is 0 Å². The lowest BCUT2D eigenvalue weighted by Gasteiger charge is -2.19. The van der Waals surface area contributed by atoms with E-state index in [-0.39, 0.29) is 5.92 Å². The third-order valence-electron chi connectivity index (χ3n) is 3.81. The van der Waals surface area contributed by atoms with Gasteiger partial charge in [0.1, 0.15) is 5.92 Å². The summed E-state index contributed by atoms with van der Waals surface area (Å²) >= 11 is 6.32. The number of hydrogen-bond acceptors (Lipinski definition) is 2. The van der Waals surface area contributed by atoms with Crippen LogP contribution >= 0.6 is 11.6 Å². The number of nitrogens with one attached hydrogen (secondary N) is 1. The van der Waals surface area contributed by atoms with Crippen molar-refractivity contribution in [2.24, 2.45) is 5.92 Å². The van der Waals surface area contributed by atoms with Crippen molar-refractivity contribution in [2.75, 3.05) is 0 Å². The van der Waals surface area contributed by atoms with Crippen molar-refractivity contribution < 1.29 is 0 Å². The first-order valence-corrected chi connectivity index (χ1v) is 7.23. The summed E-state index contributed by atoms with van der Waals surface area (Å²) in [6, 6.07) is 19.4. The molecule has 1 aromatic heterocycles. The van der Waals surface area contributed by atoms with Crippen LogP contribution in [0.25, 0.3) is 10.9 Å². The van der Waals surface area contributed by atoms with Crippen LogP contribution in [0.3, 0.4) is 0 Å². The standard InChI is InChI=1S/C18H12ClN3/c19-16-7-3-1-6-14(16)18(12(9-20)10-21)15-11-22-17-8-4-2-5-13(15)17/h1-8,11-12,18,22H. The third-order valence-corrected chi connectivity index (χ3v) is 4.15. The Morgan fingerprint density at radius 1 is 0.909 bits per heavy atom. The molecule has 0 fully saturated rings. The highest BCUT2D eigenvalue weighted by molar-refractivity contribution is 6.31. The zero-order chi connectivity index (χ0) is 15.5. The Balaban J connectivity index is 2.25. The summed E-state index contributed by atoms with van der Waals surface area (Å²) in [6.07, 6.45) is 1.86. The lowest BCUT2D eigenvalue weighted by Crippen LogP contribution is -2.11. The molecule has 4 heteroatoms. The Bertz CT molecular complexity index is 884. The number of halogens is 1. The van der Waals surface area contributed by atoms with Gasteiger partial charge in [0.05, 0.1) is 12.1 Å². The lowest BCUT2D eigenvalue weighted by molar-refractivity contribution is 0.714. The third kappa shape index (κ3) is 2.33. The number of nitriles is 2. The Morgan fingerprint density at radius 2 is 1.59 bits per heavy atom. The maximum Gasteiger partial charge on any atom is 0.144 e. The summed E-state index contributed by atoms with van der Waals surface area (Å²) < 4.78 is 0. The van der Waals surface area contributed by atoms with Gasteiger partial charge in [-0.2, -0.15) is 10.5 Å². The molecule has 1 atom stereocenters. The smallest absolute Gasteiger partial charge is 0.144 e. The average molecular weight is 306 g/mol. The van der Waals surface area contributed by atoms with Gasteiger partial charge in [0, 0.05) is 28.0 Å².